The van der Waals surface area contributed by atoms with Gasteiger partial charge in [0.1, 0.15) is 0 Å². The normalized spacial score (nSPS) is 13.9. The zero-order valence-electron chi connectivity index (χ0n) is 12.9. The van der Waals surface area contributed by atoms with Gasteiger partial charge in [-0.15, -0.1) is 0 Å². The smallest absolute Gasteiger partial charge is 0.333 e. The molecular formula is C15H30N2O4. The van der Waals surface area contributed by atoms with Crippen LogP contribution in [0.5, 0.6) is 0 Å². The average Bonchev–Trinajstić information content (AvgIpc) is 2.47. The summed E-state index contributed by atoms with van der Waals surface area (Å²) in [6, 6.07) is 0. The highest BCUT2D eigenvalue weighted by molar-refractivity contribution is 6.07. The van der Waals surface area contributed by atoms with Gasteiger partial charge in [-0.2, -0.15) is 0 Å². The van der Waals surface area contributed by atoms with Crippen molar-refractivity contribution in [1.29, 1.82) is 0 Å². The van der Waals surface area contributed by atoms with Crippen LogP contribution in [0.2, 0.25) is 0 Å². The molecule has 0 aromatic heterocycles. The number of carbonyl (C=O) groups is 2. The van der Waals surface area contributed by atoms with E-state index < -0.39 is 23.9 Å². The van der Waals surface area contributed by atoms with Crippen LogP contribution in [0.4, 0.5) is 0 Å². The van der Waals surface area contributed by atoms with Crippen LogP contribution in [-0.2, 0) is 9.59 Å². The summed E-state index contributed by atoms with van der Waals surface area (Å²) in [7, 11) is 0. The Morgan fingerprint density at radius 3 is 1.67 bits per heavy atom. The largest absolute Gasteiger partial charge is 0.479 e. The Hall–Kier alpha value is -0.980. The van der Waals surface area contributed by atoms with Crippen LogP contribution in [0.1, 0.15) is 64.2 Å². The van der Waals surface area contributed by atoms with Crippen LogP contribution in [0, 0.1) is 0 Å². The molecule has 6 N–H and O–H groups in total. The van der Waals surface area contributed by atoms with Gasteiger partial charge in [0, 0.05) is 6.42 Å². The predicted molar refractivity (Wildman–Crippen MR) is 81.9 cm³/mol. The number of Topliss-reactive ketones (excluding diaryl/α,β-unsaturated/α-hetero) is 1. The van der Waals surface area contributed by atoms with Gasteiger partial charge in [-0.3, -0.25) is 4.79 Å². The van der Waals surface area contributed by atoms with Gasteiger partial charge >= 0.3 is 5.97 Å². The minimum atomic E-state index is -2.14. The van der Waals surface area contributed by atoms with Crippen molar-refractivity contribution < 1.29 is 19.8 Å². The second-order valence-corrected chi connectivity index (χ2v) is 5.58. The fraction of sp³-hybridized carbons (Fsp3) is 0.867. The van der Waals surface area contributed by atoms with E-state index in [0.29, 0.717) is 6.42 Å². The standard InChI is InChI=1S/C15H30N2O4/c16-11-9-7-5-3-1-2-4-6-8-10-13(19)15(17,12-18)14(20)21/h18H,1-12,16-17H2,(H,20,21). The minimum absolute atomic E-state index is 0.111. The first-order chi connectivity index (χ1) is 9.99. The molecule has 1 atom stereocenters. The summed E-state index contributed by atoms with van der Waals surface area (Å²) >= 11 is 0. The number of rotatable bonds is 14. The summed E-state index contributed by atoms with van der Waals surface area (Å²) in [6.07, 6.45) is 9.70. The Labute approximate surface area is 126 Å². The van der Waals surface area contributed by atoms with Crippen molar-refractivity contribution in [3.05, 3.63) is 0 Å². The molecule has 1 unspecified atom stereocenters. The monoisotopic (exact) mass is 302 g/mol. The Balaban J connectivity index is 3.59. The molecule has 0 aliphatic rings. The van der Waals surface area contributed by atoms with Crippen molar-refractivity contribution in [2.24, 2.45) is 11.5 Å². The van der Waals surface area contributed by atoms with Gasteiger partial charge in [-0.05, 0) is 19.4 Å². The average molecular weight is 302 g/mol. The maximum atomic E-state index is 11.7. The highest BCUT2D eigenvalue weighted by atomic mass is 16.4. The molecule has 0 amide bonds. The summed E-state index contributed by atoms with van der Waals surface area (Å²) in [6.45, 7) is -0.0924. The molecule has 0 saturated heterocycles. The summed E-state index contributed by atoms with van der Waals surface area (Å²) < 4.78 is 0. The van der Waals surface area contributed by atoms with Crippen LogP contribution < -0.4 is 11.5 Å². The first-order valence-electron chi connectivity index (χ1n) is 7.85. The molecule has 0 aliphatic heterocycles. The van der Waals surface area contributed by atoms with E-state index in [1.54, 1.807) is 0 Å². The van der Waals surface area contributed by atoms with Crippen molar-refractivity contribution in [3.63, 3.8) is 0 Å². The number of carbonyl (C=O) groups excluding carboxylic acids is 1. The zero-order valence-corrected chi connectivity index (χ0v) is 12.9. The van der Waals surface area contributed by atoms with Crippen LogP contribution in [0.3, 0.4) is 0 Å². The number of ketones is 1. The van der Waals surface area contributed by atoms with Gasteiger partial charge in [0.05, 0.1) is 6.61 Å². The number of carboxylic acid groups (broad SMARTS) is 1. The van der Waals surface area contributed by atoms with E-state index in [0.717, 1.165) is 32.2 Å². The van der Waals surface area contributed by atoms with Gasteiger partial charge in [-0.1, -0.05) is 44.9 Å². The Bertz CT molecular complexity index is 310. The summed E-state index contributed by atoms with van der Waals surface area (Å²) in [5.41, 5.74) is 8.68. The van der Waals surface area contributed by atoms with Crippen LogP contribution >= 0.6 is 0 Å². The summed E-state index contributed by atoms with van der Waals surface area (Å²) in [5, 5.41) is 17.8. The lowest BCUT2D eigenvalue weighted by atomic mass is 9.92. The van der Waals surface area contributed by atoms with Gasteiger partial charge in [0.25, 0.3) is 0 Å². The third-order valence-corrected chi connectivity index (χ3v) is 3.74. The molecule has 21 heavy (non-hydrogen) atoms. The van der Waals surface area contributed by atoms with Gasteiger partial charge in [-0.25, -0.2) is 4.79 Å². The zero-order chi connectivity index (χ0) is 16.1. The molecule has 0 aromatic carbocycles. The molecule has 0 fully saturated rings. The quantitative estimate of drug-likeness (QED) is 0.282. The van der Waals surface area contributed by atoms with Crippen molar-refractivity contribution in [1.82, 2.24) is 0 Å². The SMILES string of the molecule is NCCCCCCCCCCCC(=O)C(N)(CO)C(=O)O. The van der Waals surface area contributed by atoms with E-state index in [1.807, 2.05) is 0 Å². The van der Waals surface area contributed by atoms with Crippen molar-refractivity contribution >= 4 is 11.8 Å². The lowest BCUT2D eigenvalue weighted by Crippen LogP contribution is -2.57. The van der Waals surface area contributed by atoms with E-state index in [9.17, 15) is 9.59 Å². The molecule has 0 aliphatic carbocycles. The Morgan fingerprint density at radius 1 is 0.857 bits per heavy atom. The minimum Gasteiger partial charge on any atom is -0.479 e. The van der Waals surface area contributed by atoms with Gasteiger partial charge in [0.2, 0.25) is 0 Å². The fourth-order valence-electron chi connectivity index (χ4n) is 2.17. The highest BCUT2D eigenvalue weighted by Crippen LogP contribution is 2.13. The molecule has 0 bridgehead atoms. The predicted octanol–water partition coefficient (Wildman–Crippen LogP) is 1.19. The van der Waals surface area contributed by atoms with E-state index in [-0.39, 0.29) is 6.42 Å². The van der Waals surface area contributed by atoms with Crippen molar-refractivity contribution in [2.75, 3.05) is 13.2 Å². The number of nitrogens with two attached hydrogens (primary N) is 2. The molecule has 0 heterocycles. The number of hydrogen-bond acceptors (Lipinski definition) is 5. The van der Waals surface area contributed by atoms with Crippen molar-refractivity contribution in [3.8, 4) is 0 Å². The second kappa shape index (κ2) is 11.7. The summed E-state index contributed by atoms with van der Waals surface area (Å²) in [5.74, 6) is -2.06. The molecule has 0 spiro atoms. The van der Waals surface area contributed by atoms with Crippen LogP contribution in [0.25, 0.3) is 0 Å². The lowest BCUT2D eigenvalue weighted by Gasteiger charge is -2.20. The third kappa shape index (κ3) is 8.14. The molecule has 0 radical (unpaired) electrons. The van der Waals surface area contributed by atoms with Gasteiger partial charge < -0.3 is 21.7 Å². The molecule has 0 rings (SSSR count). The number of aliphatic hydroxyl groups is 1. The molecule has 0 saturated carbocycles. The number of carboxylic acids is 1. The van der Waals surface area contributed by atoms with E-state index >= 15 is 0 Å². The van der Waals surface area contributed by atoms with Gasteiger partial charge in [0.15, 0.2) is 11.3 Å². The first kappa shape index (κ1) is 20.0. The maximum Gasteiger partial charge on any atom is 0.333 e. The third-order valence-electron chi connectivity index (χ3n) is 3.74. The number of unbranched alkanes of at least 4 members (excludes halogenated alkanes) is 8. The fourth-order valence-corrected chi connectivity index (χ4v) is 2.17. The number of hydrogen-bond donors (Lipinski definition) is 4. The number of aliphatic carboxylic acids is 1. The highest BCUT2D eigenvalue weighted by Gasteiger charge is 2.40. The molecular weight excluding hydrogens is 272 g/mol. The van der Waals surface area contributed by atoms with E-state index in [4.69, 9.17) is 21.7 Å². The Kier molecular flexibility index (Phi) is 11.1. The molecule has 6 nitrogen and oxygen atoms in total. The maximum absolute atomic E-state index is 11.7. The molecule has 0 aromatic rings. The van der Waals surface area contributed by atoms with Crippen LogP contribution in [0.15, 0.2) is 0 Å². The topological polar surface area (TPSA) is 127 Å². The summed E-state index contributed by atoms with van der Waals surface area (Å²) in [4.78, 5) is 22.6. The van der Waals surface area contributed by atoms with E-state index in [2.05, 4.69) is 0 Å². The number of aliphatic hydroxyl groups excluding tert-OH is 1. The molecule has 124 valence electrons. The van der Waals surface area contributed by atoms with E-state index in [1.165, 1.54) is 25.7 Å². The lowest BCUT2D eigenvalue weighted by molar-refractivity contribution is -0.150. The Morgan fingerprint density at radius 2 is 1.29 bits per heavy atom. The van der Waals surface area contributed by atoms with Crippen LogP contribution in [-0.4, -0.2) is 40.7 Å². The first-order valence-corrected chi connectivity index (χ1v) is 7.85. The van der Waals surface area contributed by atoms with Crippen molar-refractivity contribution in [2.45, 2.75) is 69.7 Å². The molecule has 6 heteroatoms. The second-order valence-electron chi connectivity index (χ2n) is 5.58.